The second-order valence-electron chi connectivity index (χ2n) is 4.04. The van der Waals surface area contributed by atoms with Gasteiger partial charge in [0, 0.05) is 11.1 Å². The number of hydrogen-bond donors (Lipinski definition) is 1. The van der Waals surface area contributed by atoms with Gasteiger partial charge in [0.25, 0.3) is 0 Å². The minimum atomic E-state index is -0.440. The summed E-state index contributed by atoms with van der Waals surface area (Å²) < 4.78 is 13.5. The number of amides is 1. The van der Waals surface area contributed by atoms with Crippen LogP contribution in [0.2, 0.25) is 5.02 Å². The van der Waals surface area contributed by atoms with E-state index in [2.05, 4.69) is 10.3 Å². The lowest BCUT2D eigenvalue weighted by atomic mass is 10.3. The van der Waals surface area contributed by atoms with Crippen molar-refractivity contribution in [2.75, 3.05) is 5.32 Å². The molecule has 6 heteroatoms. The Labute approximate surface area is 125 Å². The van der Waals surface area contributed by atoms with Crippen molar-refractivity contribution in [2.45, 2.75) is 17.1 Å². The normalized spacial score (nSPS) is 11.9. The number of carbonyl (C=O) groups excluding carboxylic acids is 1. The van der Waals surface area contributed by atoms with Crippen molar-refractivity contribution in [3.05, 3.63) is 53.4 Å². The van der Waals surface area contributed by atoms with Gasteiger partial charge < -0.3 is 5.32 Å². The predicted octanol–water partition coefficient (Wildman–Crippen LogP) is 3.99. The van der Waals surface area contributed by atoms with E-state index in [4.69, 9.17) is 11.6 Å². The fourth-order valence-corrected chi connectivity index (χ4v) is 2.46. The van der Waals surface area contributed by atoms with Crippen molar-refractivity contribution in [3.8, 4) is 0 Å². The highest BCUT2D eigenvalue weighted by Gasteiger charge is 2.16. The summed E-state index contributed by atoms with van der Waals surface area (Å²) in [4.78, 5) is 16.4. The first kappa shape index (κ1) is 14.8. The molecule has 0 saturated heterocycles. The van der Waals surface area contributed by atoms with E-state index in [-0.39, 0.29) is 11.7 Å². The zero-order chi connectivity index (χ0) is 14.5. The third-order valence-corrected chi connectivity index (χ3v) is 3.86. The first-order valence-corrected chi connectivity index (χ1v) is 7.15. The number of halogens is 2. The lowest BCUT2D eigenvalue weighted by Gasteiger charge is -2.11. The number of nitrogens with zero attached hydrogens (tertiary/aromatic N) is 1. The zero-order valence-corrected chi connectivity index (χ0v) is 12.2. The number of rotatable bonds is 4. The zero-order valence-electron chi connectivity index (χ0n) is 10.6. The smallest absolute Gasteiger partial charge is 0.238 e. The van der Waals surface area contributed by atoms with Gasteiger partial charge >= 0.3 is 0 Å². The Hall–Kier alpha value is -1.59. The van der Waals surface area contributed by atoms with Gasteiger partial charge in [0.2, 0.25) is 5.91 Å². The molecule has 0 fully saturated rings. The van der Waals surface area contributed by atoms with Crippen LogP contribution >= 0.6 is 23.4 Å². The summed E-state index contributed by atoms with van der Waals surface area (Å²) in [5, 5.41) is 2.71. The minimum absolute atomic E-state index is 0.243. The molecular weight excluding hydrogens is 299 g/mol. The van der Waals surface area contributed by atoms with Crippen LogP contribution in [-0.2, 0) is 4.79 Å². The van der Waals surface area contributed by atoms with Gasteiger partial charge in [-0.15, -0.1) is 11.8 Å². The average Bonchev–Trinajstić information content (AvgIpc) is 2.44. The summed E-state index contributed by atoms with van der Waals surface area (Å²) in [6, 6.07) is 9.61. The van der Waals surface area contributed by atoms with Gasteiger partial charge in [-0.25, -0.2) is 9.37 Å². The number of anilines is 1. The van der Waals surface area contributed by atoms with Crippen LogP contribution < -0.4 is 5.32 Å². The Morgan fingerprint density at radius 1 is 1.35 bits per heavy atom. The predicted molar refractivity (Wildman–Crippen MR) is 79.6 cm³/mol. The summed E-state index contributed by atoms with van der Waals surface area (Å²) in [5.74, 6) is -0.157. The molecule has 0 aliphatic rings. The van der Waals surface area contributed by atoms with Crippen LogP contribution in [0.15, 0.2) is 47.5 Å². The van der Waals surface area contributed by atoms with Gasteiger partial charge in [0.05, 0.1) is 10.3 Å². The average molecular weight is 311 g/mol. The summed E-state index contributed by atoms with van der Waals surface area (Å²) in [6.45, 7) is 1.71. The second-order valence-corrected chi connectivity index (χ2v) is 5.86. The molecule has 0 saturated carbocycles. The molecule has 1 unspecified atom stereocenters. The summed E-state index contributed by atoms with van der Waals surface area (Å²) in [7, 11) is 0. The van der Waals surface area contributed by atoms with Crippen molar-refractivity contribution in [2.24, 2.45) is 0 Å². The maximum absolute atomic E-state index is 13.5. The van der Waals surface area contributed by atoms with Crippen molar-refractivity contribution in [1.82, 2.24) is 4.98 Å². The molecule has 1 amide bonds. The Bertz CT molecular complexity index is 606. The molecule has 2 rings (SSSR count). The monoisotopic (exact) mass is 310 g/mol. The van der Waals surface area contributed by atoms with E-state index in [0.717, 1.165) is 11.8 Å². The van der Waals surface area contributed by atoms with Gasteiger partial charge in [-0.1, -0.05) is 23.7 Å². The highest BCUT2D eigenvalue weighted by atomic mass is 35.5. The molecule has 1 N–H and O–H groups in total. The van der Waals surface area contributed by atoms with Crippen molar-refractivity contribution in [1.29, 1.82) is 0 Å². The molecule has 0 aliphatic carbocycles. The number of pyridine rings is 1. The molecule has 0 bridgehead atoms. The number of thioether (sulfide) groups is 1. The number of hydrogen-bond acceptors (Lipinski definition) is 3. The molecule has 3 nitrogen and oxygen atoms in total. The topological polar surface area (TPSA) is 42.0 Å². The third-order valence-electron chi connectivity index (χ3n) is 2.49. The Morgan fingerprint density at radius 3 is 2.75 bits per heavy atom. The lowest BCUT2D eigenvalue weighted by molar-refractivity contribution is -0.115. The van der Waals surface area contributed by atoms with Gasteiger partial charge in [-0.05, 0) is 31.2 Å². The van der Waals surface area contributed by atoms with E-state index in [9.17, 15) is 9.18 Å². The molecule has 104 valence electrons. The molecule has 0 aliphatic heterocycles. The summed E-state index contributed by atoms with van der Waals surface area (Å²) in [6.07, 6.45) is 1.45. The van der Waals surface area contributed by atoms with Crippen LogP contribution in [0, 0.1) is 5.82 Å². The molecule has 1 aromatic carbocycles. The van der Waals surface area contributed by atoms with Crippen LogP contribution in [-0.4, -0.2) is 16.1 Å². The van der Waals surface area contributed by atoms with Crippen LogP contribution in [0.4, 0.5) is 10.2 Å². The van der Waals surface area contributed by atoms with Crippen LogP contribution in [0.1, 0.15) is 6.92 Å². The van der Waals surface area contributed by atoms with Crippen molar-refractivity contribution in [3.63, 3.8) is 0 Å². The van der Waals surface area contributed by atoms with Crippen molar-refractivity contribution >= 4 is 35.1 Å². The van der Waals surface area contributed by atoms with E-state index in [1.807, 2.05) is 0 Å². The van der Waals surface area contributed by atoms with Crippen LogP contribution in [0.5, 0.6) is 0 Å². The fourth-order valence-electron chi connectivity index (χ4n) is 1.46. The molecule has 1 heterocycles. The molecule has 1 atom stereocenters. The number of carbonyl (C=O) groups is 1. The Morgan fingerprint density at radius 2 is 2.10 bits per heavy atom. The standard InChI is InChI=1S/C14H12ClFN2OS/c1-9(20-12-5-3-2-4-11(12)16)14(19)18-13-7-6-10(15)8-17-13/h2-9H,1H3,(H,17,18,19). The lowest BCUT2D eigenvalue weighted by Crippen LogP contribution is -2.23. The molecule has 20 heavy (non-hydrogen) atoms. The fraction of sp³-hybridized carbons (Fsp3) is 0.143. The quantitative estimate of drug-likeness (QED) is 0.868. The maximum Gasteiger partial charge on any atom is 0.238 e. The van der Waals surface area contributed by atoms with Crippen molar-refractivity contribution < 1.29 is 9.18 Å². The third kappa shape index (κ3) is 3.95. The van der Waals surface area contributed by atoms with Gasteiger partial charge in [-0.3, -0.25) is 4.79 Å². The van der Waals surface area contributed by atoms with Gasteiger partial charge in [0.15, 0.2) is 0 Å². The SMILES string of the molecule is CC(Sc1ccccc1F)C(=O)Nc1ccc(Cl)cn1. The molecule has 0 spiro atoms. The van der Waals surface area contributed by atoms with E-state index in [1.54, 1.807) is 37.3 Å². The first-order chi connectivity index (χ1) is 9.56. The highest BCUT2D eigenvalue weighted by molar-refractivity contribution is 8.00. The van der Waals surface area contributed by atoms with Gasteiger partial charge in [0.1, 0.15) is 11.6 Å². The number of aromatic nitrogens is 1. The molecular formula is C14H12ClFN2OS. The number of nitrogens with one attached hydrogen (secondary N) is 1. The Balaban J connectivity index is 1.99. The molecule has 2 aromatic rings. The largest absolute Gasteiger partial charge is 0.310 e. The van der Waals surface area contributed by atoms with E-state index >= 15 is 0 Å². The Kier molecular flexibility index (Phi) is 4.98. The van der Waals surface area contributed by atoms with E-state index < -0.39 is 5.25 Å². The minimum Gasteiger partial charge on any atom is -0.310 e. The summed E-state index contributed by atoms with van der Waals surface area (Å²) >= 11 is 6.87. The van der Waals surface area contributed by atoms with E-state index in [0.29, 0.717) is 15.7 Å². The van der Waals surface area contributed by atoms with Crippen LogP contribution in [0.3, 0.4) is 0 Å². The molecule has 1 aromatic heterocycles. The van der Waals surface area contributed by atoms with Gasteiger partial charge in [-0.2, -0.15) is 0 Å². The van der Waals surface area contributed by atoms with E-state index in [1.165, 1.54) is 12.3 Å². The second kappa shape index (κ2) is 6.72. The summed E-state index contributed by atoms with van der Waals surface area (Å²) in [5.41, 5.74) is 0. The highest BCUT2D eigenvalue weighted by Crippen LogP contribution is 2.26. The first-order valence-electron chi connectivity index (χ1n) is 5.90. The maximum atomic E-state index is 13.5. The molecule has 0 radical (unpaired) electrons. The number of benzene rings is 1. The van der Waals surface area contributed by atoms with Crippen LogP contribution in [0.25, 0.3) is 0 Å².